The highest BCUT2D eigenvalue weighted by Crippen LogP contribution is 2.24. The average molecular weight is 233 g/mol. The van der Waals surface area contributed by atoms with Gasteiger partial charge in [0.2, 0.25) is 0 Å². The molecular formula is C13H19N3O. The highest BCUT2D eigenvalue weighted by atomic mass is 16.2. The number of para-hydroxylation sites is 2. The molecule has 3 N–H and O–H groups in total. The predicted molar refractivity (Wildman–Crippen MR) is 70.0 cm³/mol. The minimum atomic E-state index is -0.0350. The molecule has 4 nitrogen and oxygen atoms in total. The van der Waals surface area contributed by atoms with Gasteiger partial charge in [-0.25, -0.2) is 4.79 Å². The summed E-state index contributed by atoms with van der Waals surface area (Å²) in [4.78, 5) is 13.8. The second-order valence-corrected chi connectivity index (χ2v) is 4.43. The highest BCUT2D eigenvalue weighted by Gasteiger charge is 2.26. The standard InChI is InChI=1S/C13H19N3O/c1-2-9-16(13(17)15-10-7-8-10)12-6-4-3-5-11(12)14/h3-6,10H,2,7-9,14H2,1H3,(H,15,17). The number of urea groups is 1. The summed E-state index contributed by atoms with van der Waals surface area (Å²) in [7, 11) is 0. The van der Waals surface area contributed by atoms with E-state index in [2.05, 4.69) is 12.2 Å². The summed E-state index contributed by atoms with van der Waals surface area (Å²) in [6, 6.07) is 7.82. The zero-order valence-electron chi connectivity index (χ0n) is 10.1. The largest absolute Gasteiger partial charge is 0.397 e. The van der Waals surface area contributed by atoms with E-state index in [1.54, 1.807) is 4.90 Å². The third-order valence-electron chi connectivity index (χ3n) is 2.82. The summed E-state index contributed by atoms with van der Waals surface area (Å²) in [6.07, 6.45) is 3.10. The summed E-state index contributed by atoms with van der Waals surface area (Å²) >= 11 is 0. The van der Waals surface area contributed by atoms with Crippen LogP contribution in [0.15, 0.2) is 24.3 Å². The van der Waals surface area contributed by atoms with E-state index in [0.29, 0.717) is 18.3 Å². The van der Waals surface area contributed by atoms with Crippen LogP contribution in [0.3, 0.4) is 0 Å². The molecule has 0 heterocycles. The maximum absolute atomic E-state index is 12.1. The molecular weight excluding hydrogens is 214 g/mol. The molecule has 0 atom stereocenters. The Labute approximate surface area is 102 Å². The number of amides is 2. The fraction of sp³-hybridized carbons (Fsp3) is 0.462. The van der Waals surface area contributed by atoms with Crippen molar-refractivity contribution in [3.63, 3.8) is 0 Å². The predicted octanol–water partition coefficient (Wildman–Crippen LogP) is 2.36. The van der Waals surface area contributed by atoms with E-state index in [1.165, 1.54) is 0 Å². The number of carbonyl (C=O) groups is 1. The monoisotopic (exact) mass is 233 g/mol. The van der Waals surface area contributed by atoms with Crippen LogP contribution in [0.25, 0.3) is 0 Å². The first-order chi connectivity index (χ1) is 8.22. The molecule has 0 unspecified atom stereocenters. The zero-order chi connectivity index (χ0) is 12.3. The molecule has 2 rings (SSSR count). The van der Waals surface area contributed by atoms with E-state index in [0.717, 1.165) is 24.9 Å². The molecule has 2 amide bonds. The van der Waals surface area contributed by atoms with Gasteiger partial charge >= 0.3 is 6.03 Å². The Balaban J connectivity index is 2.15. The molecule has 0 radical (unpaired) electrons. The molecule has 4 heteroatoms. The van der Waals surface area contributed by atoms with Gasteiger partial charge in [0.05, 0.1) is 11.4 Å². The molecule has 1 aliphatic rings. The molecule has 1 saturated carbocycles. The molecule has 0 saturated heterocycles. The van der Waals surface area contributed by atoms with Crippen LogP contribution in [-0.4, -0.2) is 18.6 Å². The van der Waals surface area contributed by atoms with Crippen molar-refractivity contribution in [1.29, 1.82) is 0 Å². The Morgan fingerprint density at radius 1 is 1.47 bits per heavy atom. The molecule has 1 aliphatic carbocycles. The van der Waals surface area contributed by atoms with E-state index in [1.807, 2.05) is 24.3 Å². The van der Waals surface area contributed by atoms with Crippen molar-refractivity contribution in [3.05, 3.63) is 24.3 Å². The molecule has 0 aromatic heterocycles. The van der Waals surface area contributed by atoms with Crippen molar-refractivity contribution in [1.82, 2.24) is 5.32 Å². The number of nitrogens with two attached hydrogens (primary N) is 1. The molecule has 1 aromatic rings. The number of anilines is 2. The van der Waals surface area contributed by atoms with E-state index >= 15 is 0 Å². The van der Waals surface area contributed by atoms with Gasteiger partial charge in [-0.2, -0.15) is 0 Å². The van der Waals surface area contributed by atoms with Crippen molar-refractivity contribution < 1.29 is 4.79 Å². The van der Waals surface area contributed by atoms with Crippen molar-refractivity contribution >= 4 is 17.4 Å². The topological polar surface area (TPSA) is 58.4 Å². The maximum atomic E-state index is 12.1. The molecule has 0 aliphatic heterocycles. The van der Waals surface area contributed by atoms with Crippen LogP contribution in [0.2, 0.25) is 0 Å². The lowest BCUT2D eigenvalue weighted by Crippen LogP contribution is -2.41. The summed E-state index contributed by atoms with van der Waals surface area (Å²) in [5.74, 6) is 0. The van der Waals surface area contributed by atoms with Gasteiger partial charge in [0.25, 0.3) is 0 Å². The molecule has 0 bridgehead atoms. The Kier molecular flexibility index (Phi) is 3.52. The number of nitrogen functional groups attached to an aromatic ring is 1. The lowest BCUT2D eigenvalue weighted by Gasteiger charge is -2.24. The van der Waals surface area contributed by atoms with Crippen LogP contribution in [0.1, 0.15) is 26.2 Å². The first-order valence-electron chi connectivity index (χ1n) is 6.15. The van der Waals surface area contributed by atoms with Gasteiger partial charge in [-0.05, 0) is 31.4 Å². The smallest absolute Gasteiger partial charge is 0.322 e. The number of benzene rings is 1. The quantitative estimate of drug-likeness (QED) is 0.784. The van der Waals surface area contributed by atoms with Crippen LogP contribution >= 0.6 is 0 Å². The zero-order valence-corrected chi connectivity index (χ0v) is 10.1. The summed E-state index contributed by atoms with van der Waals surface area (Å²) < 4.78 is 0. The normalized spacial score (nSPS) is 14.4. The van der Waals surface area contributed by atoms with Crippen LogP contribution < -0.4 is 16.0 Å². The van der Waals surface area contributed by atoms with Gasteiger partial charge < -0.3 is 11.1 Å². The fourth-order valence-electron chi connectivity index (χ4n) is 1.77. The molecule has 17 heavy (non-hydrogen) atoms. The minimum Gasteiger partial charge on any atom is -0.397 e. The van der Waals surface area contributed by atoms with Gasteiger partial charge in [0.15, 0.2) is 0 Å². The van der Waals surface area contributed by atoms with Crippen molar-refractivity contribution in [2.75, 3.05) is 17.2 Å². The summed E-state index contributed by atoms with van der Waals surface area (Å²) in [6.45, 7) is 2.74. The fourth-order valence-corrected chi connectivity index (χ4v) is 1.77. The van der Waals surface area contributed by atoms with Crippen molar-refractivity contribution in [2.45, 2.75) is 32.2 Å². The van der Waals surface area contributed by atoms with Crippen LogP contribution in [0, 0.1) is 0 Å². The van der Waals surface area contributed by atoms with Gasteiger partial charge in [0.1, 0.15) is 0 Å². The Morgan fingerprint density at radius 3 is 2.76 bits per heavy atom. The van der Waals surface area contributed by atoms with Crippen LogP contribution in [0.5, 0.6) is 0 Å². The molecule has 1 aromatic carbocycles. The van der Waals surface area contributed by atoms with E-state index < -0.39 is 0 Å². The molecule has 1 fully saturated rings. The van der Waals surface area contributed by atoms with Crippen LogP contribution in [0.4, 0.5) is 16.2 Å². The Bertz CT molecular complexity index is 401. The highest BCUT2D eigenvalue weighted by molar-refractivity contribution is 5.95. The van der Waals surface area contributed by atoms with Crippen LogP contribution in [-0.2, 0) is 0 Å². The SMILES string of the molecule is CCCN(C(=O)NC1CC1)c1ccccc1N. The van der Waals surface area contributed by atoms with Gasteiger partial charge in [-0.15, -0.1) is 0 Å². The maximum Gasteiger partial charge on any atom is 0.322 e. The van der Waals surface area contributed by atoms with E-state index in [4.69, 9.17) is 5.73 Å². The second-order valence-electron chi connectivity index (χ2n) is 4.43. The first-order valence-corrected chi connectivity index (χ1v) is 6.15. The first kappa shape index (κ1) is 11.8. The Hall–Kier alpha value is -1.71. The number of rotatable bonds is 4. The van der Waals surface area contributed by atoms with Gasteiger partial charge in [0, 0.05) is 12.6 Å². The summed E-state index contributed by atoms with van der Waals surface area (Å²) in [5.41, 5.74) is 7.36. The van der Waals surface area contributed by atoms with Gasteiger partial charge in [-0.3, -0.25) is 4.90 Å². The van der Waals surface area contributed by atoms with E-state index in [9.17, 15) is 4.79 Å². The third kappa shape index (κ3) is 2.90. The number of hydrogen-bond acceptors (Lipinski definition) is 2. The minimum absolute atomic E-state index is 0.0350. The lowest BCUT2D eigenvalue weighted by molar-refractivity contribution is 0.246. The second kappa shape index (κ2) is 5.08. The van der Waals surface area contributed by atoms with Gasteiger partial charge in [-0.1, -0.05) is 19.1 Å². The third-order valence-corrected chi connectivity index (χ3v) is 2.82. The summed E-state index contributed by atoms with van der Waals surface area (Å²) in [5, 5.41) is 3.00. The van der Waals surface area contributed by atoms with E-state index in [-0.39, 0.29) is 6.03 Å². The lowest BCUT2D eigenvalue weighted by atomic mass is 10.2. The number of carbonyl (C=O) groups excluding carboxylic acids is 1. The number of hydrogen-bond donors (Lipinski definition) is 2. The molecule has 92 valence electrons. The van der Waals surface area contributed by atoms with Crippen molar-refractivity contribution in [3.8, 4) is 0 Å². The molecule has 0 spiro atoms. The Morgan fingerprint density at radius 2 is 2.18 bits per heavy atom. The number of nitrogens with one attached hydrogen (secondary N) is 1. The van der Waals surface area contributed by atoms with Crippen molar-refractivity contribution in [2.24, 2.45) is 0 Å². The average Bonchev–Trinajstić information content (AvgIpc) is 3.11. The number of nitrogens with zero attached hydrogens (tertiary/aromatic N) is 1.